The number of carbonyl (C=O) groups excluding carboxylic acids is 2. The fourth-order valence-electron chi connectivity index (χ4n) is 2.61. The summed E-state index contributed by atoms with van der Waals surface area (Å²) in [5, 5.41) is 6.15. The third-order valence-corrected chi connectivity index (χ3v) is 4.39. The van der Waals surface area contributed by atoms with Crippen LogP contribution in [0, 0.1) is 5.92 Å². The first-order valence-electron chi connectivity index (χ1n) is 8.54. The van der Waals surface area contributed by atoms with Crippen molar-refractivity contribution < 1.29 is 14.3 Å². The fourth-order valence-corrected chi connectivity index (χ4v) is 2.79. The fraction of sp³-hybridized carbons (Fsp3) is 0.300. The second-order valence-electron chi connectivity index (χ2n) is 5.88. The Kier molecular flexibility index (Phi) is 7.04. The molecule has 2 rings (SSSR count). The molecule has 0 fully saturated rings. The van der Waals surface area contributed by atoms with E-state index in [4.69, 9.17) is 16.3 Å². The van der Waals surface area contributed by atoms with Crippen molar-refractivity contribution in [3.8, 4) is 5.75 Å². The summed E-state index contributed by atoms with van der Waals surface area (Å²) in [6.45, 7) is 3.96. The molecule has 138 valence electrons. The number of benzene rings is 2. The largest absolute Gasteiger partial charge is 0.495 e. The normalized spacial score (nSPS) is 10.5. The quantitative estimate of drug-likeness (QED) is 0.718. The Morgan fingerprint density at radius 2 is 1.81 bits per heavy atom. The van der Waals surface area contributed by atoms with Crippen LogP contribution in [0.15, 0.2) is 42.5 Å². The summed E-state index contributed by atoms with van der Waals surface area (Å²) in [6, 6.07) is 11.8. The maximum absolute atomic E-state index is 12.6. The van der Waals surface area contributed by atoms with Gasteiger partial charge in [0.2, 0.25) is 5.91 Å². The van der Waals surface area contributed by atoms with Gasteiger partial charge in [0.15, 0.2) is 0 Å². The minimum atomic E-state index is -0.316. The van der Waals surface area contributed by atoms with Gasteiger partial charge in [-0.25, -0.2) is 0 Å². The zero-order valence-corrected chi connectivity index (χ0v) is 15.9. The highest BCUT2D eigenvalue weighted by Gasteiger charge is 2.15. The molecule has 0 aliphatic carbocycles. The minimum Gasteiger partial charge on any atom is -0.495 e. The summed E-state index contributed by atoms with van der Waals surface area (Å²) in [5.74, 6) is 0.123. The Morgan fingerprint density at radius 1 is 1.08 bits per heavy atom. The molecule has 0 aliphatic rings. The van der Waals surface area contributed by atoms with Crippen LogP contribution in [-0.2, 0) is 4.79 Å². The third kappa shape index (κ3) is 4.99. The van der Waals surface area contributed by atoms with Gasteiger partial charge in [-0.1, -0.05) is 31.5 Å². The summed E-state index contributed by atoms with van der Waals surface area (Å²) in [5.41, 5.74) is 1.50. The van der Waals surface area contributed by atoms with Gasteiger partial charge in [0.1, 0.15) is 5.75 Å². The van der Waals surface area contributed by atoms with Crippen molar-refractivity contribution in [3.63, 3.8) is 0 Å². The SMILES string of the molecule is CCC(CC)C(=O)Nc1cccc(C(=O)Nc2cc(Cl)ccc2OC)c1. The number of carbonyl (C=O) groups is 2. The van der Waals surface area contributed by atoms with Crippen LogP contribution in [0.4, 0.5) is 11.4 Å². The molecule has 0 atom stereocenters. The Bertz CT molecular complexity index is 788. The summed E-state index contributed by atoms with van der Waals surface area (Å²) < 4.78 is 5.23. The van der Waals surface area contributed by atoms with Crippen LogP contribution >= 0.6 is 11.6 Å². The van der Waals surface area contributed by atoms with E-state index in [2.05, 4.69) is 10.6 Å². The van der Waals surface area contributed by atoms with Crippen LogP contribution in [0.3, 0.4) is 0 Å². The number of nitrogens with one attached hydrogen (secondary N) is 2. The average Bonchev–Trinajstić information content (AvgIpc) is 2.63. The van der Waals surface area contributed by atoms with E-state index in [0.717, 1.165) is 12.8 Å². The lowest BCUT2D eigenvalue weighted by Crippen LogP contribution is -2.22. The second-order valence-corrected chi connectivity index (χ2v) is 6.32. The summed E-state index contributed by atoms with van der Waals surface area (Å²) >= 11 is 5.99. The highest BCUT2D eigenvalue weighted by Crippen LogP contribution is 2.28. The molecule has 0 unspecified atom stereocenters. The minimum absolute atomic E-state index is 0.0379. The molecule has 2 aromatic carbocycles. The van der Waals surface area contributed by atoms with Crippen molar-refractivity contribution in [3.05, 3.63) is 53.1 Å². The molecule has 6 heteroatoms. The highest BCUT2D eigenvalue weighted by molar-refractivity contribution is 6.31. The lowest BCUT2D eigenvalue weighted by Gasteiger charge is -2.14. The Morgan fingerprint density at radius 3 is 2.46 bits per heavy atom. The molecule has 0 bridgehead atoms. The molecule has 0 heterocycles. The number of anilines is 2. The number of amides is 2. The molecular formula is C20H23ClN2O3. The lowest BCUT2D eigenvalue weighted by atomic mass is 10.0. The summed E-state index contributed by atoms with van der Waals surface area (Å²) in [6.07, 6.45) is 1.55. The van der Waals surface area contributed by atoms with Gasteiger partial charge < -0.3 is 15.4 Å². The van der Waals surface area contributed by atoms with Gasteiger partial charge in [-0.15, -0.1) is 0 Å². The van der Waals surface area contributed by atoms with Crippen LogP contribution in [0.2, 0.25) is 5.02 Å². The predicted molar refractivity (Wildman–Crippen MR) is 105 cm³/mol. The Balaban J connectivity index is 2.16. The first kappa shape index (κ1) is 19.8. The smallest absolute Gasteiger partial charge is 0.255 e. The maximum atomic E-state index is 12.6. The average molecular weight is 375 g/mol. The van der Waals surface area contributed by atoms with Gasteiger partial charge in [-0.2, -0.15) is 0 Å². The number of ether oxygens (including phenoxy) is 1. The number of hydrogen-bond acceptors (Lipinski definition) is 3. The second kappa shape index (κ2) is 9.25. The number of halogens is 1. The van der Waals surface area contributed by atoms with Crippen molar-refractivity contribution in [2.75, 3.05) is 17.7 Å². The van der Waals surface area contributed by atoms with Crippen LogP contribution < -0.4 is 15.4 Å². The molecule has 2 amide bonds. The van der Waals surface area contributed by atoms with Crippen LogP contribution in [0.5, 0.6) is 5.75 Å². The van der Waals surface area contributed by atoms with Gasteiger partial charge in [-0.05, 0) is 49.2 Å². The summed E-state index contributed by atoms with van der Waals surface area (Å²) in [7, 11) is 1.52. The van der Waals surface area contributed by atoms with Crippen molar-refractivity contribution in [2.45, 2.75) is 26.7 Å². The highest BCUT2D eigenvalue weighted by atomic mass is 35.5. The van der Waals surface area contributed by atoms with Gasteiger partial charge >= 0.3 is 0 Å². The molecule has 0 saturated heterocycles. The zero-order chi connectivity index (χ0) is 19.1. The van der Waals surface area contributed by atoms with Gasteiger partial charge in [0.05, 0.1) is 12.8 Å². The Hall–Kier alpha value is -2.53. The molecule has 0 radical (unpaired) electrons. The maximum Gasteiger partial charge on any atom is 0.255 e. The molecule has 5 nitrogen and oxygen atoms in total. The molecule has 2 aromatic rings. The molecule has 0 saturated carbocycles. The van der Waals surface area contributed by atoms with E-state index in [1.807, 2.05) is 13.8 Å². The molecular weight excluding hydrogens is 352 g/mol. The van der Waals surface area contributed by atoms with Gasteiger partial charge in [-0.3, -0.25) is 9.59 Å². The van der Waals surface area contributed by atoms with Crippen LogP contribution in [0.25, 0.3) is 0 Å². The lowest BCUT2D eigenvalue weighted by molar-refractivity contribution is -0.120. The number of hydrogen-bond donors (Lipinski definition) is 2. The van der Waals surface area contributed by atoms with E-state index in [9.17, 15) is 9.59 Å². The first-order chi connectivity index (χ1) is 12.5. The van der Waals surface area contributed by atoms with E-state index in [0.29, 0.717) is 27.7 Å². The molecule has 0 aromatic heterocycles. The van der Waals surface area contributed by atoms with E-state index in [1.54, 1.807) is 42.5 Å². The van der Waals surface area contributed by atoms with Crippen molar-refractivity contribution in [2.24, 2.45) is 5.92 Å². The zero-order valence-electron chi connectivity index (χ0n) is 15.1. The monoisotopic (exact) mass is 374 g/mol. The molecule has 0 aliphatic heterocycles. The Labute approximate surface area is 158 Å². The van der Waals surface area contributed by atoms with Crippen molar-refractivity contribution in [1.29, 1.82) is 0 Å². The van der Waals surface area contributed by atoms with Crippen molar-refractivity contribution in [1.82, 2.24) is 0 Å². The van der Waals surface area contributed by atoms with Gasteiger partial charge in [0.25, 0.3) is 5.91 Å². The summed E-state index contributed by atoms with van der Waals surface area (Å²) in [4.78, 5) is 24.8. The van der Waals surface area contributed by atoms with Crippen molar-refractivity contribution >= 4 is 34.8 Å². The number of methoxy groups -OCH3 is 1. The molecule has 2 N–H and O–H groups in total. The van der Waals surface area contributed by atoms with E-state index >= 15 is 0 Å². The molecule has 26 heavy (non-hydrogen) atoms. The van der Waals surface area contributed by atoms with Crippen LogP contribution in [0.1, 0.15) is 37.0 Å². The molecule has 0 spiro atoms. The topological polar surface area (TPSA) is 67.4 Å². The van der Waals surface area contributed by atoms with Gasteiger partial charge in [0, 0.05) is 22.2 Å². The van der Waals surface area contributed by atoms with E-state index < -0.39 is 0 Å². The third-order valence-electron chi connectivity index (χ3n) is 4.16. The standard InChI is InChI=1S/C20H23ClN2O3/c1-4-13(5-2)19(24)22-16-8-6-7-14(11-16)20(25)23-17-12-15(21)9-10-18(17)26-3/h6-13H,4-5H2,1-3H3,(H,22,24)(H,23,25). The van der Waals surface area contributed by atoms with E-state index in [-0.39, 0.29) is 17.7 Å². The predicted octanol–water partition coefficient (Wildman–Crippen LogP) is 4.98. The first-order valence-corrected chi connectivity index (χ1v) is 8.92. The van der Waals surface area contributed by atoms with E-state index in [1.165, 1.54) is 7.11 Å². The number of rotatable bonds is 7. The van der Waals surface area contributed by atoms with Crippen LogP contribution in [-0.4, -0.2) is 18.9 Å².